The lowest BCUT2D eigenvalue weighted by atomic mass is 10.0. The molecule has 2 aromatic rings. The molecule has 0 bridgehead atoms. The summed E-state index contributed by atoms with van der Waals surface area (Å²) in [6.45, 7) is 6.37. The van der Waals surface area contributed by atoms with Crippen LogP contribution in [-0.2, 0) is 6.54 Å². The largest absolute Gasteiger partial charge is 0.382 e. The lowest BCUT2D eigenvalue weighted by Crippen LogP contribution is -2.10. The molecule has 0 spiro atoms. The molecule has 0 radical (unpaired) electrons. The molecule has 1 heterocycles. The standard InChI is InChI=1S/C14H17FN2O/c1-4-17-13(7-10(3)16-17)14(18)12-8-11(15)6-5-9(12)2/h5-8,14,18H,4H2,1-3H3. The van der Waals surface area contributed by atoms with E-state index >= 15 is 0 Å². The van der Waals surface area contributed by atoms with Crippen molar-refractivity contribution in [3.05, 3.63) is 52.6 Å². The van der Waals surface area contributed by atoms with Gasteiger partial charge < -0.3 is 5.11 Å². The molecule has 1 atom stereocenters. The quantitative estimate of drug-likeness (QED) is 0.907. The summed E-state index contributed by atoms with van der Waals surface area (Å²) in [5.74, 6) is -0.339. The monoisotopic (exact) mass is 248 g/mol. The van der Waals surface area contributed by atoms with E-state index in [1.165, 1.54) is 12.1 Å². The van der Waals surface area contributed by atoms with E-state index in [0.29, 0.717) is 17.8 Å². The van der Waals surface area contributed by atoms with Crippen molar-refractivity contribution in [1.29, 1.82) is 0 Å². The lowest BCUT2D eigenvalue weighted by Gasteiger charge is -2.15. The van der Waals surface area contributed by atoms with Crippen molar-refractivity contribution in [3.8, 4) is 0 Å². The molecule has 0 aliphatic heterocycles. The summed E-state index contributed by atoms with van der Waals surface area (Å²) in [7, 11) is 0. The van der Waals surface area contributed by atoms with Crippen molar-refractivity contribution in [3.63, 3.8) is 0 Å². The number of nitrogens with zero attached hydrogens (tertiary/aromatic N) is 2. The topological polar surface area (TPSA) is 38.0 Å². The molecule has 1 N–H and O–H groups in total. The third-order valence-electron chi connectivity index (χ3n) is 3.05. The van der Waals surface area contributed by atoms with Gasteiger partial charge in [0, 0.05) is 6.54 Å². The van der Waals surface area contributed by atoms with Gasteiger partial charge in [0.15, 0.2) is 0 Å². The molecule has 96 valence electrons. The molecule has 0 amide bonds. The summed E-state index contributed by atoms with van der Waals surface area (Å²) in [5, 5.41) is 14.7. The number of hydrogen-bond donors (Lipinski definition) is 1. The minimum atomic E-state index is -0.846. The third kappa shape index (κ3) is 2.29. The fourth-order valence-electron chi connectivity index (χ4n) is 2.10. The zero-order valence-corrected chi connectivity index (χ0v) is 10.8. The summed E-state index contributed by atoms with van der Waals surface area (Å²) in [5.41, 5.74) is 3.00. The highest BCUT2D eigenvalue weighted by Gasteiger charge is 2.18. The number of aliphatic hydroxyl groups is 1. The van der Waals surface area contributed by atoms with Gasteiger partial charge in [-0.1, -0.05) is 6.07 Å². The van der Waals surface area contributed by atoms with Crippen molar-refractivity contribution in [1.82, 2.24) is 9.78 Å². The van der Waals surface area contributed by atoms with E-state index in [-0.39, 0.29) is 5.82 Å². The maximum atomic E-state index is 13.3. The van der Waals surface area contributed by atoms with Crippen LogP contribution in [0.2, 0.25) is 0 Å². The molecule has 3 nitrogen and oxygen atoms in total. The third-order valence-corrected chi connectivity index (χ3v) is 3.05. The fraction of sp³-hybridized carbons (Fsp3) is 0.357. The molecule has 0 aliphatic rings. The Morgan fingerprint density at radius 1 is 1.33 bits per heavy atom. The van der Waals surface area contributed by atoms with Gasteiger partial charge in [-0.25, -0.2) is 4.39 Å². The Morgan fingerprint density at radius 3 is 2.72 bits per heavy atom. The van der Waals surface area contributed by atoms with E-state index in [0.717, 1.165) is 11.3 Å². The van der Waals surface area contributed by atoms with E-state index in [4.69, 9.17) is 0 Å². The van der Waals surface area contributed by atoms with Gasteiger partial charge in [-0.3, -0.25) is 4.68 Å². The van der Waals surface area contributed by atoms with Gasteiger partial charge >= 0.3 is 0 Å². The molecule has 2 rings (SSSR count). The first-order chi connectivity index (χ1) is 8.52. The van der Waals surface area contributed by atoms with Crippen LogP contribution in [0.25, 0.3) is 0 Å². The van der Waals surface area contributed by atoms with Crippen molar-refractivity contribution in [2.24, 2.45) is 0 Å². The number of aromatic nitrogens is 2. The number of hydrogen-bond acceptors (Lipinski definition) is 2. The van der Waals surface area contributed by atoms with Crippen molar-refractivity contribution in [2.75, 3.05) is 0 Å². The molecule has 0 fully saturated rings. The van der Waals surface area contributed by atoms with Gasteiger partial charge in [0.1, 0.15) is 11.9 Å². The Labute approximate surface area is 106 Å². The van der Waals surface area contributed by atoms with E-state index in [9.17, 15) is 9.50 Å². The van der Waals surface area contributed by atoms with Crippen molar-refractivity contribution in [2.45, 2.75) is 33.4 Å². The first-order valence-corrected chi connectivity index (χ1v) is 6.01. The van der Waals surface area contributed by atoms with Crippen LogP contribution >= 0.6 is 0 Å². The molecule has 0 saturated carbocycles. The maximum absolute atomic E-state index is 13.3. The highest BCUT2D eigenvalue weighted by Crippen LogP contribution is 2.26. The Bertz CT molecular complexity index is 563. The highest BCUT2D eigenvalue weighted by atomic mass is 19.1. The Kier molecular flexibility index (Phi) is 3.48. The van der Waals surface area contributed by atoms with Gasteiger partial charge in [0.25, 0.3) is 0 Å². The molecular formula is C14H17FN2O. The predicted octanol–water partition coefficient (Wildman–Crippen LogP) is 2.74. The van der Waals surface area contributed by atoms with Crippen LogP contribution in [0.15, 0.2) is 24.3 Å². The number of aliphatic hydroxyl groups excluding tert-OH is 1. The second-order valence-electron chi connectivity index (χ2n) is 4.43. The second-order valence-corrected chi connectivity index (χ2v) is 4.43. The molecule has 18 heavy (non-hydrogen) atoms. The van der Waals surface area contributed by atoms with Gasteiger partial charge in [-0.2, -0.15) is 5.10 Å². The molecule has 0 aliphatic carbocycles. The summed E-state index contributed by atoms with van der Waals surface area (Å²) >= 11 is 0. The summed E-state index contributed by atoms with van der Waals surface area (Å²) in [6.07, 6.45) is -0.846. The average Bonchev–Trinajstić information content (AvgIpc) is 2.72. The zero-order valence-electron chi connectivity index (χ0n) is 10.8. The van der Waals surface area contributed by atoms with Crippen LogP contribution in [0.5, 0.6) is 0 Å². The number of halogens is 1. The Balaban J connectivity index is 2.46. The molecule has 0 saturated heterocycles. The molecule has 1 aromatic heterocycles. The SMILES string of the molecule is CCn1nc(C)cc1C(O)c1cc(F)ccc1C. The van der Waals surface area contributed by atoms with Crippen LogP contribution in [-0.4, -0.2) is 14.9 Å². The summed E-state index contributed by atoms with van der Waals surface area (Å²) in [4.78, 5) is 0. The summed E-state index contributed by atoms with van der Waals surface area (Å²) in [6, 6.07) is 6.28. The number of benzene rings is 1. The minimum absolute atomic E-state index is 0.339. The molecular weight excluding hydrogens is 231 g/mol. The fourth-order valence-corrected chi connectivity index (χ4v) is 2.10. The molecule has 1 aromatic carbocycles. The van der Waals surface area contributed by atoms with E-state index in [1.807, 2.05) is 26.8 Å². The van der Waals surface area contributed by atoms with E-state index in [2.05, 4.69) is 5.10 Å². The average molecular weight is 248 g/mol. The van der Waals surface area contributed by atoms with Crippen molar-refractivity contribution >= 4 is 0 Å². The Morgan fingerprint density at radius 2 is 2.06 bits per heavy atom. The smallest absolute Gasteiger partial charge is 0.123 e. The Hall–Kier alpha value is -1.68. The first-order valence-electron chi connectivity index (χ1n) is 6.01. The predicted molar refractivity (Wildman–Crippen MR) is 67.8 cm³/mol. The van der Waals surface area contributed by atoms with Gasteiger partial charge in [-0.05, 0) is 50.1 Å². The van der Waals surface area contributed by atoms with E-state index < -0.39 is 6.10 Å². The number of aryl methyl sites for hydroxylation is 3. The highest BCUT2D eigenvalue weighted by molar-refractivity contribution is 5.33. The van der Waals surface area contributed by atoms with Gasteiger partial charge in [-0.15, -0.1) is 0 Å². The lowest BCUT2D eigenvalue weighted by molar-refractivity contribution is 0.207. The van der Waals surface area contributed by atoms with Crippen LogP contribution in [0.3, 0.4) is 0 Å². The van der Waals surface area contributed by atoms with Gasteiger partial charge in [0.05, 0.1) is 11.4 Å². The van der Waals surface area contributed by atoms with Gasteiger partial charge in [0.2, 0.25) is 0 Å². The van der Waals surface area contributed by atoms with Crippen molar-refractivity contribution < 1.29 is 9.50 Å². The molecule has 4 heteroatoms. The van der Waals surface area contributed by atoms with Crippen LogP contribution < -0.4 is 0 Å². The van der Waals surface area contributed by atoms with Crippen LogP contribution in [0.1, 0.15) is 35.5 Å². The van der Waals surface area contributed by atoms with Crippen LogP contribution in [0.4, 0.5) is 4.39 Å². The summed E-state index contributed by atoms with van der Waals surface area (Å²) < 4.78 is 15.0. The second kappa shape index (κ2) is 4.90. The minimum Gasteiger partial charge on any atom is -0.382 e. The van der Waals surface area contributed by atoms with E-state index in [1.54, 1.807) is 10.7 Å². The number of rotatable bonds is 3. The zero-order chi connectivity index (χ0) is 13.3. The first kappa shape index (κ1) is 12.8. The maximum Gasteiger partial charge on any atom is 0.123 e. The normalized spacial score (nSPS) is 12.7. The molecule has 1 unspecified atom stereocenters. The van der Waals surface area contributed by atoms with Crippen LogP contribution in [0, 0.1) is 19.7 Å².